The van der Waals surface area contributed by atoms with E-state index in [4.69, 9.17) is 10.5 Å². The van der Waals surface area contributed by atoms with Crippen LogP contribution in [-0.4, -0.2) is 53.9 Å². The van der Waals surface area contributed by atoms with Crippen LogP contribution in [0.4, 0.5) is 0 Å². The number of primary amides is 1. The number of rotatable bonds is 5. The number of thioether (sulfide) groups is 1. The Morgan fingerprint density at radius 3 is 2.94 bits per heavy atom. The lowest BCUT2D eigenvalue weighted by molar-refractivity contribution is -0.118. The quantitative estimate of drug-likeness (QED) is 0.742. The van der Waals surface area contributed by atoms with Gasteiger partial charge in [0.2, 0.25) is 5.91 Å². The van der Waals surface area contributed by atoms with Gasteiger partial charge in [-0.1, -0.05) is 11.8 Å². The molecule has 0 bridgehead atoms. The molecular formula is C11H17N3O2S. The molecule has 1 aliphatic heterocycles. The van der Waals surface area contributed by atoms with Crippen molar-refractivity contribution in [1.82, 2.24) is 9.88 Å². The van der Waals surface area contributed by atoms with Gasteiger partial charge in [-0.15, -0.1) is 0 Å². The highest BCUT2D eigenvalue weighted by molar-refractivity contribution is 8.00. The van der Waals surface area contributed by atoms with E-state index in [1.165, 1.54) is 11.8 Å². The molecule has 6 heteroatoms. The summed E-state index contributed by atoms with van der Waals surface area (Å²) in [4.78, 5) is 16.7. The van der Waals surface area contributed by atoms with Crippen molar-refractivity contribution in [2.45, 2.75) is 10.3 Å². The number of carbonyl (C=O) groups excluding carboxylic acids is 1. The number of nitrogens with one attached hydrogen (secondary N) is 1. The van der Waals surface area contributed by atoms with Gasteiger partial charge < -0.3 is 15.5 Å². The average Bonchev–Trinajstić information content (AvgIpc) is 2.82. The van der Waals surface area contributed by atoms with Crippen molar-refractivity contribution >= 4 is 17.7 Å². The zero-order chi connectivity index (χ0) is 12.1. The van der Waals surface area contributed by atoms with E-state index < -0.39 is 0 Å². The van der Waals surface area contributed by atoms with Crippen LogP contribution in [-0.2, 0) is 9.53 Å². The average molecular weight is 255 g/mol. The number of morpholine rings is 1. The number of nitrogens with zero attached hydrogens (tertiary/aromatic N) is 1. The maximum absolute atomic E-state index is 11.4. The third-order valence-corrected chi connectivity index (χ3v) is 3.86. The van der Waals surface area contributed by atoms with Gasteiger partial charge in [0.1, 0.15) is 5.25 Å². The Bertz CT molecular complexity index is 350. The number of aromatic amines is 1. The van der Waals surface area contributed by atoms with E-state index in [0.717, 1.165) is 31.3 Å². The molecule has 1 saturated heterocycles. The number of hydrogen-bond acceptors (Lipinski definition) is 4. The lowest BCUT2D eigenvalue weighted by Gasteiger charge is -2.28. The van der Waals surface area contributed by atoms with E-state index in [1.807, 2.05) is 18.3 Å². The number of amides is 1. The molecule has 1 aromatic heterocycles. The summed E-state index contributed by atoms with van der Waals surface area (Å²) in [6, 6.07) is 3.86. The molecule has 1 fully saturated rings. The zero-order valence-corrected chi connectivity index (χ0v) is 10.4. The maximum atomic E-state index is 11.4. The Labute approximate surface area is 105 Å². The highest BCUT2D eigenvalue weighted by Crippen LogP contribution is 2.22. The standard InChI is InChI=1S/C11H17N3O2S/c12-11(15)9(17-10-2-1-3-13-10)8-14-4-6-16-7-5-14/h1-3,9,13H,4-8H2,(H2,12,15). The Morgan fingerprint density at radius 2 is 2.35 bits per heavy atom. The molecular weight excluding hydrogens is 238 g/mol. The lowest BCUT2D eigenvalue weighted by atomic mass is 10.3. The lowest BCUT2D eigenvalue weighted by Crippen LogP contribution is -2.43. The number of aromatic nitrogens is 1. The third kappa shape index (κ3) is 3.76. The van der Waals surface area contributed by atoms with Gasteiger partial charge in [0.25, 0.3) is 0 Å². The number of nitrogens with two attached hydrogens (primary N) is 1. The first-order valence-electron chi connectivity index (χ1n) is 5.65. The second-order valence-electron chi connectivity index (χ2n) is 3.96. The van der Waals surface area contributed by atoms with E-state index in [-0.39, 0.29) is 11.2 Å². The van der Waals surface area contributed by atoms with Crippen molar-refractivity contribution in [3.63, 3.8) is 0 Å². The van der Waals surface area contributed by atoms with Crippen LogP contribution in [0.2, 0.25) is 0 Å². The molecule has 0 aromatic carbocycles. The minimum absolute atomic E-state index is 0.216. The van der Waals surface area contributed by atoms with Gasteiger partial charge in [0, 0.05) is 25.8 Å². The van der Waals surface area contributed by atoms with Gasteiger partial charge in [-0.2, -0.15) is 0 Å². The molecule has 0 spiro atoms. The maximum Gasteiger partial charge on any atom is 0.232 e. The predicted octanol–water partition coefficient (Wildman–Crippen LogP) is 0.293. The molecule has 1 unspecified atom stereocenters. The minimum atomic E-state index is -0.268. The van der Waals surface area contributed by atoms with Crippen molar-refractivity contribution in [2.75, 3.05) is 32.8 Å². The molecule has 0 aliphatic carbocycles. The molecule has 0 radical (unpaired) electrons. The van der Waals surface area contributed by atoms with Gasteiger partial charge in [-0.25, -0.2) is 0 Å². The van der Waals surface area contributed by atoms with E-state index in [0.29, 0.717) is 6.54 Å². The van der Waals surface area contributed by atoms with Crippen molar-refractivity contribution in [1.29, 1.82) is 0 Å². The first-order chi connectivity index (χ1) is 8.25. The van der Waals surface area contributed by atoms with Crippen LogP contribution in [0.1, 0.15) is 0 Å². The fourth-order valence-electron chi connectivity index (χ4n) is 1.74. The molecule has 94 valence electrons. The smallest absolute Gasteiger partial charge is 0.232 e. The summed E-state index contributed by atoms with van der Waals surface area (Å²) >= 11 is 1.48. The number of ether oxygens (including phenoxy) is 1. The molecule has 1 atom stereocenters. The van der Waals surface area contributed by atoms with Crippen LogP contribution < -0.4 is 5.73 Å². The Kier molecular flexibility index (Phi) is 4.47. The van der Waals surface area contributed by atoms with Gasteiger partial charge in [-0.3, -0.25) is 9.69 Å². The highest BCUT2D eigenvalue weighted by Gasteiger charge is 2.22. The van der Waals surface area contributed by atoms with Crippen molar-refractivity contribution < 1.29 is 9.53 Å². The molecule has 2 heterocycles. The number of carbonyl (C=O) groups is 1. The largest absolute Gasteiger partial charge is 0.379 e. The van der Waals surface area contributed by atoms with Crippen LogP contribution in [0.5, 0.6) is 0 Å². The Hall–Kier alpha value is -0.980. The fraction of sp³-hybridized carbons (Fsp3) is 0.545. The van der Waals surface area contributed by atoms with Crippen LogP contribution >= 0.6 is 11.8 Å². The topological polar surface area (TPSA) is 71.3 Å². The van der Waals surface area contributed by atoms with Crippen molar-refractivity contribution in [3.05, 3.63) is 18.3 Å². The summed E-state index contributed by atoms with van der Waals surface area (Å²) in [5.74, 6) is -0.268. The summed E-state index contributed by atoms with van der Waals surface area (Å²) in [5.41, 5.74) is 5.44. The molecule has 1 aliphatic rings. The van der Waals surface area contributed by atoms with Crippen LogP contribution in [0.3, 0.4) is 0 Å². The predicted molar refractivity (Wildman–Crippen MR) is 66.9 cm³/mol. The molecule has 17 heavy (non-hydrogen) atoms. The molecule has 1 aromatic rings. The summed E-state index contributed by atoms with van der Waals surface area (Å²) in [6.45, 7) is 3.89. The van der Waals surface area contributed by atoms with E-state index in [9.17, 15) is 4.79 Å². The van der Waals surface area contributed by atoms with E-state index >= 15 is 0 Å². The summed E-state index contributed by atoms with van der Waals surface area (Å²) < 4.78 is 5.28. The van der Waals surface area contributed by atoms with Crippen molar-refractivity contribution in [2.24, 2.45) is 5.73 Å². The van der Waals surface area contributed by atoms with Gasteiger partial charge >= 0.3 is 0 Å². The van der Waals surface area contributed by atoms with Crippen molar-refractivity contribution in [3.8, 4) is 0 Å². The molecule has 5 nitrogen and oxygen atoms in total. The highest BCUT2D eigenvalue weighted by atomic mass is 32.2. The summed E-state index contributed by atoms with van der Waals surface area (Å²) in [5, 5.41) is 0.758. The second kappa shape index (κ2) is 6.09. The Balaban J connectivity index is 1.90. The number of hydrogen-bond donors (Lipinski definition) is 2. The monoisotopic (exact) mass is 255 g/mol. The van der Waals surface area contributed by atoms with E-state index in [1.54, 1.807) is 0 Å². The van der Waals surface area contributed by atoms with Crippen LogP contribution in [0, 0.1) is 0 Å². The van der Waals surface area contributed by atoms with Gasteiger partial charge in [0.05, 0.1) is 18.2 Å². The zero-order valence-electron chi connectivity index (χ0n) is 9.59. The van der Waals surface area contributed by atoms with Crippen LogP contribution in [0.25, 0.3) is 0 Å². The number of H-pyrrole nitrogens is 1. The van der Waals surface area contributed by atoms with E-state index in [2.05, 4.69) is 9.88 Å². The fourth-order valence-corrected chi connectivity index (χ4v) is 2.75. The molecule has 1 amide bonds. The molecule has 3 N–H and O–H groups in total. The summed E-state index contributed by atoms with van der Waals surface area (Å²) in [7, 11) is 0. The van der Waals surface area contributed by atoms with Gasteiger partial charge in [-0.05, 0) is 12.1 Å². The second-order valence-corrected chi connectivity index (χ2v) is 5.20. The Morgan fingerprint density at radius 1 is 1.59 bits per heavy atom. The van der Waals surface area contributed by atoms with Crippen LogP contribution in [0.15, 0.2) is 23.4 Å². The molecule has 2 rings (SSSR count). The molecule has 0 saturated carbocycles. The SMILES string of the molecule is NC(=O)C(CN1CCOCC1)Sc1ccc[nH]1. The summed E-state index contributed by atoms with van der Waals surface area (Å²) in [6.07, 6.45) is 1.84. The normalized spacial score (nSPS) is 19.1. The first-order valence-corrected chi connectivity index (χ1v) is 6.53. The third-order valence-electron chi connectivity index (χ3n) is 2.68. The van der Waals surface area contributed by atoms with Gasteiger partial charge in [0.15, 0.2) is 0 Å². The first kappa shape index (κ1) is 12.5. The minimum Gasteiger partial charge on any atom is -0.379 e.